The van der Waals surface area contributed by atoms with Gasteiger partial charge in [-0.1, -0.05) is 0 Å². The smallest absolute Gasteiger partial charge is 0.264 e. The van der Waals surface area contributed by atoms with Gasteiger partial charge >= 0.3 is 0 Å². The molecule has 2 N–H and O–H groups in total. The first kappa shape index (κ1) is 15.7. The van der Waals surface area contributed by atoms with Crippen molar-refractivity contribution in [1.29, 1.82) is 0 Å². The molecule has 0 saturated heterocycles. The van der Waals surface area contributed by atoms with Crippen molar-refractivity contribution in [2.45, 2.75) is 11.8 Å². The Kier molecular flexibility index (Phi) is 4.56. The molecule has 0 spiro atoms. The summed E-state index contributed by atoms with van der Waals surface area (Å²) in [6.07, 6.45) is 2.84. The summed E-state index contributed by atoms with van der Waals surface area (Å²) in [7, 11) is -2.46. The first-order chi connectivity index (χ1) is 10.4. The summed E-state index contributed by atoms with van der Waals surface area (Å²) < 4.78 is 31.9. The van der Waals surface area contributed by atoms with E-state index in [1.807, 2.05) is 0 Å². The highest BCUT2D eigenvalue weighted by Crippen LogP contribution is 2.28. The van der Waals surface area contributed by atoms with Gasteiger partial charge in [-0.15, -0.1) is 0 Å². The highest BCUT2D eigenvalue weighted by molar-refractivity contribution is 7.92. The summed E-state index contributed by atoms with van der Waals surface area (Å²) in [5.74, 6) is -0.0308. The number of anilines is 2. The number of amides is 1. The molecule has 9 heteroatoms. The van der Waals surface area contributed by atoms with Crippen LogP contribution < -0.4 is 14.8 Å². The van der Waals surface area contributed by atoms with Crippen molar-refractivity contribution in [3.8, 4) is 5.75 Å². The summed E-state index contributed by atoms with van der Waals surface area (Å²) in [5, 5.41) is 2.51. The van der Waals surface area contributed by atoms with E-state index in [-0.39, 0.29) is 22.4 Å². The summed E-state index contributed by atoms with van der Waals surface area (Å²) in [6, 6.07) is 5.67. The lowest BCUT2D eigenvalue weighted by atomic mass is 10.3. The van der Waals surface area contributed by atoms with Gasteiger partial charge in [0.1, 0.15) is 5.75 Å². The number of sulfonamides is 1. The van der Waals surface area contributed by atoms with E-state index in [1.165, 1.54) is 44.6 Å². The molecule has 0 aliphatic rings. The second-order valence-corrected chi connectivity index (χ2v) is 5.90. The van der Waals surface area contributed by atoms with E-state index in [9.17, 15) is 13.2 Å². The zero-order valence-electron chi connectivity index (χ0n) is 11.9. The van der Waals surface area contributed by atoms with Crippen molar-refractivity contribution in [3.05, 3.63) is 36.7 Å². The molecule has 0 aliphatic heterocycles. The Morgan fingerprint density at radius 2 is 1.91 bits per heavy atom. The molecular weight excluding hydrogens is 308 g/mol. The molecule has 1 aromatic heterocycles. The van der Waals surface area contributed by atoms with Crippen LogP contribution in [0.25, 0.3) is 0 Å². The lowest BCUT2D eigenvalue weighted by Crippen LogP contribution is -2.16. The van der Waals surface area contributed by atoms with Crippen LogP contribution in [0.4, 0.5) is 11.6 Å². The van der Waals surface area contributed by atoms with Crippen LogP contribution in [-0.4, -0.2) is 31.4 Å². The Hall–Kier alpha value is -2.68. The van der Waals surface area contributed by atoms with Gasteiger partial charge in [-0.05, 0) is 24.3 Å². The predicted molar refractivity (Wildman–Crippen MR) is 80.1 cm³/mol. The van der Waals surface area contributed by atoms with Gasteiger partial charge < -0.3 is 10.1 Å². The molecule has 1 aromatic carbocycles. The Labute approximate surface area is 127 Å². The first-order valence-corrected chi connectivity index (χ1v) is 7.66. The molecule has 1 amide bonds. The van der Waals surface area contributed by atoms with Crippen molar-refractivity contribution in [2.24, 2.45) is 0 Å². The van der Waals surface area contributed by atoms with Gasteiger partial charge in [-0.25, -0.2) is 23.1 Å². The molecule has 0 atom stereocenters. The van der Waals surface area contributed by atoms with E-state index in [1.54, 1.807) is 6.07 Å². The van der Waals surface area contributed by atoms with Crippen LogP contribution in [0, 0.1) is 0 Å². The molecule has 2 rings (SSSR count). The molecule has 8 nitrogen and oxygen atoms in total. The summed E-state index contributed by atoms with van der Waals surface area (Å²) in [6.45, 7) is 1.32. The number of nitrogens with one attached hydrogen (secondary N) is 2. The third kappa shape index (κ3) is 3.70. The number of carbonyl (C=O) groups is 1. The van der Waals surface area contributed by atoms with E-state index in [0.29, 0.717) is 5.75 Å². The molecule has 0 aliphatic carbocycles. The average Bonchev–Trinajstić information content (AvgIpc) is 2.47. The number of carbonyl (C=O) groups excluding carboxylic acids is 1. The molecule has 22 heavy (non-hydrogen) atoms. The lowest BCUT2D eigenvalue weighted by Gasteiger charge is -2.12. The van der Waals surface area contributed by atoms with Crippen molar-refractivity contribution in [2.75, 3.05) is 17.1 Å². The number of hydrogen-bond donors (Lipinski definition) is 2. The van der Waals surface area contributed by atoms with Gasteiger partial charge in [0.05, 0.1) is 17.7 Å². The van der Waals surface area contributed by atoms with E-state index in [2.05, 4.69) is 20.0 Å². The number of methoxy groups -OCH3 is 1. The molecule has 0 unspecified atom stereocenters. The summed E-state index contributed by atoms with van der Waals surface area (Å²) >= 11 is 0. The molecule has 0 radical (unpaired) electrons. The monoisotopic (exact) mass is 322 g/mol. The molecular formula is C13H14N4O4S. The van der Waals surface area contributed by atoms with Gasteiger partial charge in [0, 0.05) is 19.3 Å². The van der Waals surface area contributed by atoms with Crippen molar-refractivity contribution in [3.63, 3.8) is 0 Å². The van der Waals surface area contributed by atoms with Crippen LogP contribution in [0.2, 0.25) is 0 Å². The van der Waals surface area contributed by atoms with Crippen LogP contribution in [0.3, 0.4) is 0 Å². The standard InChI is InChI=1S/C13H14N4O4S/c1-9(18)16-11-8-10(4-5-12(11)21-2)22(19,20)17-13-14-6-3-7-15-13/h3-8H,1-2H3,(H,16,18)(H,14,15,17). The minimum atomic E-state index is -3.88. The van der Waals surface area contributed by atoms with Crippen LogP contribution in [-0.2, 0) is 14.8 Å². The average molecular weight is 322 g/mol. The molecule has 1 heterocycles. The predicted octanol–water partition coefficient (Wildman–Crippen LogP) is 1.24. The number of ether oxygens (including phenoxy) is 1. The molecule has 0 saturated carbocycles. The second kappa shape index (κ2) is 6.39. The number of nitrogens with zero attached hydrogens (tertiary/aromatic N) is 2. The highest BCUT2D eigenvalue weighted by atomic mass is 32.2. The third-order valence-corrected chi connectivity index (χ3v) is 3.91. The van der Waals surface area contributed by atoms with Crippen LogP contribution in [0.1, 0.15) is 6.92 Å². The molecule has 116 valence electrons. The maximum atomic E-state index is 12.3. The van der Waals surface area contributed by atoms with E-state index < -0.39 is 10.0 Å². The number of benzene rings is 1. The molecule has 0 bridgehead atoms. The van der Waals surface area contributed by atoms with Crippen LogP contribution in [0.15, 0.2) is 41.6 Å². The molecule has 2 aromatic rings. The Balaban J connectivity index is 2.36. The normalized spacial score (nSPS) is 10.8. The Morgan fingerprint density at radius 3 is 2.50 bits per heavy atom. The fourth-order valence-corrected chi connectivity index (χ4v) is 2.66. The van der Waals surface area contributed by atoms with Crippen LogP contribution in [0.5, 0.6) is 5.75 Å². The fourth-order valence-electron chi connectivity index (χ4n) is 1.67. The van der Waals surface area contributed by atoms with Gasteiger partial charge in [0.2, 0.25) is 11.9 Å². The second-order valence-electron chi connectivity index (χ2n) is 4.22. The summed E-state index contributed by atoms with van der Waals surface area (Å²) in [4.78, 5) is 18.7. The van der Waals surface area contributed by atoms with Gasteiger partial charge in [-0.3, -0.25) is 4.79 Å². The maximum Gasteiger partial charge on any atom is 0.264 e. The largest absolute Gasteiger partial charge is 0.495 e. The first-order valence-electron chi connectivity index (χ1n) is 6.18. The van der Waals surface area contributed by atoms with Crippen molar-refractivity contribution in [1.82, 2.24) is 9.97 Å². The van der Waals surface area contributed by atoms with Crippen LogP contribution >= 0.6 is 0 Å². The maximum absolute atomic E-state index is 12.3. The number of aromatic nitrogens is 2. The van der Waals surface area contributed by atoms with Gasteiger partial charge in [0.15, 0.2) is 0 Å². The Morgan fingerprint density at radius 1 is 1.23 bits per heavy atom. The lowest BCUT2D eigenvalue weighted by molar-refractivity contribution is -0.114. The van der Waals surface area contributed by atoms with E-state index in [4.69, 9.17) is 4.74 Å². The summed E-state index contributed by atoms with van der Waals surface area (Å²) in [5.41, 5.74) is 0.256. The van der Waals surface area contributed by atoms with Crippen molar-refractivity contribution >= 4 is 27.6 Å². The number of hydrogen-bond acceptors (Lipinski definition) is 6. The SMILES string of the molecule is COc1ccc(S(=O)(=O)Nc2ncccn2)cc1NC(C)=O. The van der Waals surface area contributed by atoms with Crippen molar-refractivity contribution < 1.29 is 17.9 Å². The zero-order valence-corrected chi connectivity index (χ0v) is 12.7. The third-order valence-electron chi connectivity index (χ3n) is 2.58. The minimum Gasteiger partial charge on any atom is -0.495 e. The zero-order chi connectivity index (χ0) is 16.2. The quantitative estimate of drug-likeness (QED) is 0.857. The molecule has 0 fully saturated rings. The van der Waals surface area contributed by atoms with Gasteiger partial charge in [-0.2, -0.15) is 0 Å². The fraction of sp³-hybridized carbons (Fsp3) is 0.154. The number of rotatable bonds is 5. The highest BCUT2D eigenvalue weighted by Gasteiger charge is 2.18. The van der Waals surface area contributed by atoms with E-state index >= 15 is 0 Å². The van der Waals surface area contributed by atoms with E-state index in [0.717, 1.165) is 0 Å². The Bertz CT molecular complexity index is 778. The van der Waals surface area contributed by atoms with Gasteiger partial charge in [0.25, 0.3) is 10.0 Å². The topological polar surface area (TPSA) is 110 Å². The minimum absolute atomic E-state index is 0.0422.